The smallest absolute Gasteiger partial charge is 0.267 e. The fourth-order valence-corrected chi connectivity index (χ4v) is 2.79. The fraction of sp³-hybridized carbons (Fsp3) is 0.105. The van der Waals surface area contributed by atoms with Gasteiger partial charge in [-0.05, 0) is 50.2 Å². The predicted octanol–water partition coefficient (Wildman–Crippen LogP) is 2.61. The zero-order chi connectivity index (χ0) is 21.1. The Labute approximate surface area is 164 Å². The Bertz CT molecular complexity index is 1090. The van der Waals surface area contributed by atoms with Crippen molar-refractivity contribution in [2.45, 2.75) is 13.8 Å². The molecular formula is C19H16FN5O4. The van der Waals surface area contributed by atoms with Gasteiger partial charge >= 0.3 is 0 Å². The van der Waals surface area contributed by atoms with Crippen LogP contribution in [0.2, 0.25) is 0 Å². The molecule has 10 heteroatoms. The third kappa shape index (κ3) is 4.10. The van der Waals surface area contributed by atoms with Crippen molar-refractivity contribution < 1.29 is 18.9 Å². The molecule has 0 spiro atoms. The van der Waals surface area contributed by atoms with Gasteiger partial charge in [0.15, 0.2) is 0 Å². The summed E-state index contributed by atoms with van der Waals surface area (Å²) in [6.45, 7) is 3.32. The van der Waals surface area contributed by atoms with E-state index in [4.69, 9.17) is 0 Å². The first kappa shape index (κ1) is 19.7. The first-order valence-electron chi connectivity index (χ1n) is 8.45. The van der Waals surface area contributed by atoms with E-state index in [2.05, 4.69) is 16.0 Å². The highest BCUT2D eigenvalue weighted by Gasteiger charge is 2.20. The molecule has 0 fully saturated rings. The summed E-state index contributed by atoms with van der Waals surface area (Å²) in [7, 11) is 0. The lowest BCUT2D eigenvalue weighted by Gasteiger charge is -2.08. The van der Waals surface area contributed by atoms with Gasteiger partial charge in [-0.25, -0.2) is 9.07 Å². The van der Waals surface area contributed by atoms with Crippen molar-refractivity contribution in [3.63, 3.8) is 0 Å². The Hall–Kier alpha value is -4.08. The summed E-state index contributed by atoms with van der Waals surface area (Å²) >= 11 is 0. The first-order valence-corrected chi connectivity index (χ1v) is 8.45. The number of nitrogens with one attached hydrogen (secondary N) is 2. The van der Waals surface area contributed by atoms with Crippen molar-refractivity contribution in [1.82, 2.24) is 20.6 Å². The molecule has 0 unspecified atom stereocenters. The van der Waals surface area contributed by atoms with E-state index in [1.807, 2.05) is 0 Å². The molecule has 0 bridgehead atoms. The number of rotatable bonds is 4. The minimum absolute atomic E-state index is 0.145. The summed E-state index contributed by atoms with van der Waals surface area (Å²) in [5, 5.41) is 15.0. The number of benzene rings is 2. The fourth-order valence-electron chi connectivity index (χ4n) is 2.79. The average molecular weight is 397 g/mol. The number of hydrogen-bond acceptors (Lipinski definition) is 5. The number of nitro groups is 1. The van der Waals surface area contributed by atoms with Crippen LogP contribution in [-0.2, 0) is 0 Å². The summed E-state index contributed by atoms with van der Waals surface area (Å²) in [6, 6.07) is 10.6. The molecule has 3 aromatic rings. The lowest BCUT2D eigenvalue weighted by atomic mass is 10.2. The van der Waals surface area contributed by atoms with Crippen LogP contribution in [0.1, 0.15) is 32.1 Å². The summed E-state index contributed by atoms with van der Waals surface area (Å²) in [6.07, 6.45) is 0. The minimum Gasteiger partial charge on any atom is -0.267 e. The van der Waals surface area contributed by atoms with Crippen molar-refractivity contribution in [3.05, 3.63) is 87.0 Å². The SMILES string of the molecule is Cc1nn(-c2ccc(F)cc2)c(C)c1C(=O)NNC(=O)c1ccc([N+](=O)[O-])cc1. The Kier molecular flexibility index (Phi) is 5.35. The van der Waals surface area contributed by atoms with Crippen molar-refractivity contribution in [2.24, 2.45) is 0 Å². The molecule has 148 valence electrons. The standard InChI is InChI=1S/C19H16FN5O4/c1-11-17(12(2)24(23-11)15-9-5-14(20)6-10-15)19(27)22-21-18(26)13-3-7-16(8-4-13)25(28)29/h3-10H,1-2H3,(H,21,26)(H,22,27). The highest BCUT2D eigenvalue weighted by atomic mass is 19.1. The Morgan fingerprint density at radius 1 is 1.00 bits per heavy atom. The third-order valence-corrected chi connectivity index (χ3v) is 4.22. The summed E-state index contributed by atoms with van der Waals surface area (Å²) < 4.78 is 14.6. The summed E-state index contributed by atoms with van der Waals surface area (Å²) in [4.78, 5) is 34.8. The van der Waals surface area contributed by atoms with Gasteiger partial charge in [-0.1, -0.05) is 0 Å². The molecule has 3 rings (SSSR count). The van der Waals surface area contributed by atoms with Crippen LogP contribution in [0.3, 0.4) is 0 Å². The number of hydrazine groups is 1. The van der Waals surface area contributed by atoms with Gasteiger partial charge < -0.3 is 0 Å². The lowest BCUT2D eigenvalue weighted by Crippen LogP contribution is -2.42. The second kappa shape index (κ2) is 7.89. The number of nitro benzene ring substituents is 1. The van der Waals surface area contributed by atoms with Gasteiger partial charge in [0.05, 0.1) is 27.6 Å². The van der Waals surface area contributed by atoms with E-state index in [0.717, 1.165) is 0 Å². The van der Waals surface area contributed by atoms with E-state index in [9.17, 15) is 24.1 Å². The summed E-state index contributed by atoms with van der Waals surface area (Å²) in [5.41, 5.74) is 6.34. The van der Waals surface area contributed by atoms with Crippen molar-refractivity contribution in [1.29, 1.82) is 0 Å². The minimum atomic E-state index is -0.630. The predicted molar refractivity (Wildman–Crippen MR) is 101 cm³/mol. The number of aromatic nitrogens is 2. The topological polar surface area (TPSA) is 119 Å². The molecule has 0 atom stereocenters. The summed E-state index contributed by atoms with van der Waals surface area (Å²) in [5.74, 6) is -1.60. The Balaban J connectivity index is 1.73. The molecule has 29 heavy (non-hydrogen) atoms. The maximum Gasteiger partial charge on any atom is 0.273 e. The molecule has 2 N–H and O–H groups in total. The number of amides is 2. The van der Waals surface area contributed by atoms with E-state index < -0.39 is 16.7 Å². The average Bonchev–Trinajstić information content (AvgIpc) is 3.00. The molecule has 0 saturated carbocycles. The molecule has 0 aliphatic carbocycles. The van der Waals surface area contributed by atoms with E-state index in [1.54, 1.807) is 13.8 Å². The van der Waals surface area contributed by atoms with Gasteiger partial charge in [0.25, 0.3) is 17.5 Å². The van der Waals surface area contributed by atoms with Crippen LogP contribution in [0.5, 0.6) is 0 Å². The van der Waals surface area contributed by atoms with Gasteiger partial charge in [0, 0.05) is 17.7 Å². The van der Waals surface area contributed by atoms with Crippen molar-refractivity contribution in [3.8, 4) is 5.69 Å². The van der Waals surface area contributed by atoms with Crippen LogP contribution >= 0.6 is 0 Å². The number of carbonyl (C=O) groups is 2. The normalized spacial score (nSPS) is 10.4. The van der Waals surface area contributed by atoms with Gasteiger partial charge in [-0.2, -0.15) is 5.10 Å². The van der Waals surface area contributed by atoms with Gasteiger partial charge in [0.1, 0.15) is 5.82 Å². The number of carbonyl (C=O) groups excluding carboxylic acids is 2. The van der Waals surface area contributed by atoms with Gasteiger partial charge in [-0.15, -0.1) is 0 Å². The number of nitrogens with zero attached hydrogens (tertiary/aromatic N) is 3. The van der Waals surface area contributed by atoms with E-state index in [1.165, 1.54) is 53.2 Å². The van der Waals surface area contributed by atoms with Crippen LogP contribution in [0.25, 0.3) is 5.69 Å². The molecule has 0 radical (unpaired) electrons. The largest absolute Gasteiger partial charge is 0.273 e. The van der Waals surface area contributed by atoms with Crippen LogP contribution in [0, 0.1) is 29.8 Å². The second-order valence-corrected chi connectivity index (χ2v) is 6.15. The monoisotopic (exact) mass is 397 g/mol. The van der Waals surface area contributed by atoms with Crippen LogP contribution in [0.4, 0.5) is 10.1 Å². The number of aryl methyl sites for hydroxylation is 1. The first-order chi connectivity index (χ1) is 13.8. The molecule has 2 amide bonds. The van der Waals surface area contributed by atoms with Crippen molar-refractivity contribution >= 4 is 17.5 Å². The molecule has 0 saturated heterocycles. The Morgan fingerprint density at radius 2 is 1.59 bits per heavy atom. The maximum absolute atomic E-state index is 13.1. The van der Waals surface area contributed by atoms with Crippen molar-refractivity contribution in [2.75, 3.05) is 0 Å². The maximum atomic E-state index is 13.1. The van der Waals surface area contributed by atoms with Gasteiger partial charge in [-0.3, -0.25) is 30.6 Å². The number of hydrogen-bond donors (Lipinski definition) is 2. The van der Waals surface area contributed by atoms with Crippen LogP contribution in [0.15, 0.2) is 48.5 Å². The zero-order valence-electron chi connectivity index (χ0n) is 15.5. The lowest BCUT2D eigenvalue weighted by molar-refractivity contribution is -0.384. The van der Waals surface area contributed by atoms with Crippen LogP contribution < -0.4 is 10.9 Å². The highest BCUT2D eigenvalue weighted by Crippen LogP contribution is 2.18. The van der Waals surface area contributed by atoms with E-state index in [0.29, 0.717) is 17.1 Å². The molecule has 1 heterocycles. The highest BCUT2D eigenvalue weighted by molar-refractivity contribution is 6.00. The van der Waals surface area contributed by atoms with E-state index >= 15 is 0 Å². The van der Waals surface area contributed by atoms with Crippen LogP contribution in [-0.4, -0.2) is 26.5 Å². The van der Waals surface area contributed by atoms with Gasteiger partial charge in [0.2, 0.25) is 0 Å². The zero-order valence-corrected chi connectivity index (χ0v) is 15.5. The number of halogens is 1. The molecule has 0 aliphatic heterocycles. The second-order valence-electron chi connectivity index (χ2n) is 6.15. The molecular weight excluding hydrogens is 381 g/mol. The molecule has 2 aromatic carbocycles. The third-order valence-electron chi connectivity index (χ3n) is 4.22. The Morgan fingerprint density at radius 3 is 2.17 bits per heavy atom. The molecule has 1 aromatic heterocycles. The quantitative estimate of drug-likeness (QED) is 0.518. The number of non-ortho nitro benzene ring substituents is 1. The molecule has 0 aliphatic rings. The van der Waals surface area contributed by atoms with E-state index in [-0.39, 0.29) is 22.6 Å². The molecule has 9 nitrogen and oxygen atoms in total.